The highest BCUT2D eigenvalue weighted by atomic mass is 17.1. The van der Waals surface area contributed by atoms with Crippen molar-refractivity contribution in [1.82, 2.24) is 0 Å². The molecule has 14 heavy (non-hydrogen) atoms. The van der Waals surface area contributed by atoms with Gasteiger partial charge in [0.25, 0.3) is 0 Å². The minimum absolute atomic E-state index is 0.551. The lowest BCUT2D eigenvalue weighted by Crippen LogP contribution is -2.40. The van der Waals surface area contributed by atoms with Gasteiger partial charge >= 0.3 is 0 Å². The highest BCUT2D eigenvalue weighted by molar-refractivity contribution is 4.67. The molecule has 0 aliphatic rings. The Hall–Kier alpha value is -0.630. The Balaban J connectivity index is 3.31. The Kier molecular flexibility index (Phi) is 7.40. The van der Waals surface area contributed by atoms with Gasteiger partial charge in [-0.3, -0.25) is 0 Å². The van der Waals surface area contributed by atoms with Crippen molar-refractivity contribution in [2.24, 2.45) is 0 Å². The normalized spacial score (nSPS) is 11.3. The maximum absolute atomic E-state index is 9.61. The summed E-state index contributed by atoms with van der Waals surface area (Å²) >= 11 is 0. The zero-order chi connectivity index (χ0) is 10.9. The van der Waals surface area contributed by atoms with Crippen molar-refractivity contribution >= 4 is 0 Å². The summed E-state index contributed by atoms with van der Waals surface area (Å²) in [4.78, 5) is 3.61. The summed E-state index contributed by atoms with van der Waals surface area (Å²) in [7, 11) is 4.10. The third kappa shape index (κ3) is 7.99. The Labute approximate surface area is 86.2 Å². The molecule has 82 valence electrons. The predicted octanol–water partition coefficient (Wildman–Crippen LogP) is 0.600. The van der Waals surface area contributed by atoms with Crippen LogP contribution in [0.4, 0.5) is 0 Å². The molecule has 0 atom stereocenters. The largest absolute Gasteiger partial charge is 0.759 e. The van der Waals surface area contributed by atoms with Crippen molar-refractivity contribution in [1.29, 1.82) is 5.26 Å². The standard InChI is InChI=1S/C10H20N2O2/c1-12(2,9-7-11)8-5-3-4-6-10-14-13/h10,13H,3-6,8-9H2,1-2H3/p-1. The number of nitriles is 1. The number of rotatable bonds is 8. The highest BCUT2D eigenvalue weighted by Crippen LogP contribution is 2.05. The number of hydrogen-bond donors (Lipinski definition) is 0. The molecule has 0 rings (SSSR count). The highest BCUT2D eigenvalue weighted by Gasteiger charge is 2.12. The van der Waals surface area contributed by atoms with E-state index in [1.807, 2.05) is 0 Å². The molecular formula is C10H19N2O2-. The molecule has 0 fully saturated rings. The van der Waals surface area contributed by atoms with E-state index in [2.05, 4.69) is 25.1 Å². The monoisotopic (exact) mass is 199 g/mol. The van der Waals surface area contributed by atoms with Gasteiger partial charge in [-0.15, -0.1) is 0 Å². The molecule has 0 aliphatic heterocycles. The summed E-state index contributed by atoms with van der Waals surface area (Å²) in [5, 5.41) is 18.2. The SMILES string of the molecule is C[N+](C)(CC#N)CCCCC[CH-]O[O-]. The van der Waals surface area contributed by atoms with Gasteiger partial charge in [0.1, 0.15) is 6.07 Å². The van der Waals surface area contributed by atoms with Gasteiger partial charge in [-0.05, 0) is 6.42 Å². The molecule has 0 radical (unpaired) electrons. The zero-order valence-electron chi connectivity index (χ0n) is 9.03. The molecule has 0 aromatic heterocycles. The second kappa shape index (κ2) is 7.74. The molecule has 0 spiro atoms. The molecule has 0 saturated carbocycles. The first kappa shape index (κ1) is 13.4. The molecular weight excluding hydrogens is 180 g/mol. The molecule has 4 heteroatoms. The van der Waals surface area contributed by atoms with Crippen molar-refractivity contribution in [3.8, 4) is 6.07 Å². The summed E-state index contributed by atoms with van der Waals surface area (Å²) in [5.41, 5.74) is 0. The molecule has 0 unspecified atom stereocenters. The van der Waals surface area contributed by atoms with Gasteiger partial charge in [-0.2, -0.15) is 11.7 Å². The Bertz CT molecular complexity index is 175. The lowest BCUT2D eigenvalue weighted by molar-refractivity contribution is -0.883. The van der Waals surface area contributed by atoms with Crippen LogP contribution in [0.5, 0.6) is 0 Å². The van der Waals surface area contributed by atoms with Crippen molar-refractivity contribution in [2.75, 3.05) is 27.2 Å². The van der Waals surface area contributed by atoms with Crippen LogP contribution in [0, 0.1) is 17.9 Å². The Morgan fingerprint density at radius 1 is 1.36 bits per heavy atom. The fraction of sp³-hybridized carbons (Fsp3) is 0.800. The van der Waals surface area contributed by atoms with Gasteiger partial charge in [0.05, 0.1) is 20.6 Å². The van der Waals surface area contributed by atoms with Gasteiger partial charge < -0.3 is 14.6 Å². The van der Waals surface area contributed by atoms with Crippen molar-refractivity contribution in [3.63, 3.8) is 0 Å². The van der Waals surface area contributed by atoms with Crippen LogP contribution in [0.1, 0.15) is 25.7 Å². The quantitative estimate of drug-likeness (QED) is 0.144. The van der Waals surface area contributed by atoms with Crippen LogP contribution in [0.3, 0.4) is 0 Å². The van der Waals surface area contributed by atoms with Crippen molar-refractivity contribution < 1.29 is 14.6 Å². The summed E-state index contributed by atoms with van der Waals surface area (Å²) in [6.45, 7) is 2.84. The molecule has 0 bridgehead atoms. The lowest BCUT2D eigenvalue weighted by atomic mass is 10.2. The minimum Gasteiger partial charge on any atom is -0.759 e. The molecule has 0 N–H and O–H groups in total. The topological polar surface area (TPSA) is 56.1 Å². The molecule has 0 aromatic carbocycles. The summed E-state index contributed by atoms with van der Waals surface area (Å²) in [6, 6.07) is 2.17. The summed E-state index contributed by atoms with van der Waals surface area (Å²) in [6.07, 6.45) is 3.86. The molecule has 0 saturated heterocycles. The van der Waals surface area contributed by atoms with Crippen LogP contribution in [0.15, 0.2) is 0 Å². The van der Waals surface area contributed by atoms with Crippen molar-refractivity contribution in [3.05, 3.63) is 6.61 Å². The van der Waals surface area contributed by atoms with Crippen LogP contribution in [0.25, 0.3) is 0 Å². The fourth-order valence-corrected chi connectivity index (χ4v) is 1.26. The summed E-state index contributed by atoms with van der Waals surface area (Å²) in [5.74, 6) is 0. The van der Waals surface area contributed by atoms with E-state index in [-0.39, 0.29) is 0 Å². The number of unbranched alkanes of at least 4 members (excludes halogenated alkanes) is 3. The third-order valence-electron chi connectivity index (χ3n) is 2.15. The van der Waals surface area contributed by atoms with Gasteiger partial charge in [0.15, 0.2) is 6.54 Å². The Morgan fingerprint density at radius 2 is 2.07 bits per heavy atom. The Morgan fingerprint density at radius 3 is 2.64 bits per heavy atom. The van der Waals surface area contributed by atoms with Crippen LogP contribution >= 0.6 is 0 Å². The van der Waals surface area contributed by atoms with Gasteiger partial charge in [-0.1, -0.05) is 12.8 Å². The maximum Gasteiger partial charge on any atom is 0.166 e. The second-order valence-corrected chi connectivity index (χ2v) is 4.09. The van der Waals surface area contributed by atoms with E-state index in [1.165, 1.54) is 6.61 Å². The molecule has 4 nitrogen and oxygen atoms in total. The van der Waals surface area contributed by atoms with Crippen molar-refractivity contribution in [2.45, 2.75) is 25.7 Å². The van der Waals surface area contributed by atoms with Crippen LogP contribution in [0.2, 0.25) is 0 Å². The molecule has 0 amide bonds. The average molecular weight is 199 g/mol. The first-order chi connectivity index (χ1) is 6.62. The van der Waals surface area contributed by atoms with Gasteiger partial charge in [0.2, 0.25) is 0 Å². The van der Waals surface area contributed by atoms with Crippen LogP contribution in [-0.2, 0) is 4.89 Å². The third-order valence-corrected chi connectivity index (χ3v) is 2.15. The van der Waals surface area contributed by atoms with E-state index in [1.54, 1.807) is 0 Å². The summed E-state index contributed by atoms with van der Waals surface area (Å²) < 4.78 is 0.748. The van der Waals surface area contributed by atoms with E-state index in [0.29, 0.717) is 6.54 Å². The smallest absolute Gasteiger partial charge is 0.166 e. The van der Waals surface area contributed by atoms with E-state index in [9.17, 15) is 5.26 Å². The lowest BCUT2D eigenvalue weighted by Gasteiger charge is -2.26. The number of hydrogen-bond acceptors (Lipinski definition) is 3. The maximum atomic E-state index is 9.61. The van der Waals surface area contributed by atoms with Crippen LogP contribution < -0.4 is 5.26 Å². The minimum atomic E-state index is 0.551. The predicted molar refractivity (Wildman–Crippen MR) is 51.3 cm³/mol. The van der Waals surface area contributed by atoms with E-state index in [0.717, 1.165) is 36.7 Å². The second-order valence-electron chi connectivity index (χ2n) is 4.09. The van der Waals surface area contributed by atoms with Gasteiger partial charge in [0, 0.05) is 0 Å². The molecule has 0 heterocycles. The first-order valence-electron chi connectivity index (χ1n) is 4.91. The fourth-order valence-electron chi connectivity index (χ4n) is 1.26. The zero-order valence-corrected chi connectivity index (χ0v) is 9.03. The molecule has 0 aliphatic carbocycles. The van der Waals surface area contributed by atoms with E-state index in [4.69, 9.17) is 5.26 Å². The average Bonchev–Trinajstić information content (AvgIpc) is 2.11. The first-order valence-corrected chi connectivity index (χ1v) is 4.91. The van der Waals surface area contributed by atoms with E-state index >= 15 is 0 Å². The number of quaternary nitrogens is 1. The van der Waals surface area contributed by atoms with Gasteiger partial charge in [-0.25, -0.2) is 6.61 Å². The van der Waals surface area contributed by atoms with Crippen LogP contribution in [-0.4, -0.2) is 31.7 Å². The van der Waals surface area contributed by atoms with E-state index < -0.39 is 0 Å². The molecule has 0 aromatic rings. The number of nitrogens with zero attached hydrogens (tertiary/aromatic N) is 2.